The van der Waals surface area contributed by atoms with Gasteiger partial charge in [0.1, 0.15) is 19.0 Å². The van der Waals surface area contributed by atoms with E-state index in [0.717, 1.165) is 10.8 Å². The van der Waals surface area contributed by atoms with Crippen molar-refractivity contribution in [2.75, 3.05) is 18.5 Å². The third-order valence-corrected chi connectivity index (χ3v) is 4.23. The third kappa shape index (κ3) is 3.28. The molecule has 1 amide bonds. The van der Waals surface area contributed by atoms with Gasteiger partial charge in [-0.05, 0) is 30.5 Å². The van der Waals surface area contributed by atoms with Crippen molar-refractivity contribution in [3.05, 3.63) is 60.7 Å². The SMILES string of the molecule is CC(Oc1cccc2ccccc12)C(=O)Nc1ccc2c(c1)OCCO2. The summed E-state index contributed by atoms with van der Waals surface area (Å²) in [6, 6.07) is 19.1. The fourth-order valence-electron chi connectivity index (χ4n) is 2.91. The smallest absolute Gasteiger partial charge is 0.265 e. The molecule has 1 atom stereocenters. The van der Waals surface area contributed by atoms with Crippen molar-refractivity contribution in [2.24, 2.45) is 0 Å². The summed E-state index contributed by atoms with van der Waals surface area (Å²) < 4.78 is 16.9. The largest absolute Gasteiger partial charge is 0.486 e. The van der Waals surface area contributed by atoms with Crippen molar-refractivity contribution in [1.29, 1.82) is 0 Å². The number of rotatable bonds is 4. The quantitative estimate of drug-likeness (QED) is 0.773. The lowest BCUT2D eigenvalue weighted by Crippen LogP contribution is -2.30. The van der Waals surface area contributed by atoms with Gasteiger partial charge in [-0.2, -0.15) is 0 Å². The third-order valence-electron chi connectivity index (χ3n) is 4.23. The number of benzene rings is 3. The minimum Gasteiger partial charge on any atom is -0.486 e. The van der Waals surface area contributed by atoms with Crippen LogP contribution in [-0.4, -0.2) is 25.2 Å². The monoisotopic (exact) mass is 349 g/mol. The van der Waals surface area contributed by atoms with Gasteiger partial charge in [-0.1, -0.05) is 36.4 Å². The second-order valence-electron chi connectivity index (χ2n) is 6.09. The van der Waals surface area contributed by atoms with E-state index < -0.39 is 6.10 Å². The van der Waals surface area contributed by atoms with Gasteiger partial charge in [0.05, 0.1) is 0 Å². The Morgan fingerprint density at radius 2 is 1.77 bits per heavy atom. The van der Waals surface area contributed by atoms with Crippen LogP contribution in [0.4, 0.5) is 5.69 Å². The number of hydrogen-bond donors (Lipinski definition) is 1. The standard InChI is InChI=1S/C21H19NO4/c1-14(26-18-8-4-6-15-5-2-3-7-17(15)18)21(23)22-16-9-10-19-20(13-16)25-12-11-24-19/h2-10,13-14H,11-12H2,1H3,(H,22,23). The fourth-order valence-corrected chi connectivity index (χ4v) is 2.91. The van der Waals surface area contributed by atoms with Crippen LogP contribution in [-0.2, 0) is 4.79 Å². The first-order valence-electron chi connectivity index (χ1n) is 8.55. The summed E-state index contributed by atoms with van der Waals surface area (Å²) in [6.07, 6.45) is -0.644. The number of ether oxygens (including phenoxy) is 3. The molecule has 0 bridgehead atoms. The zero-order chi connectivity index (χ0) is 17.9. The summed E-state index contributed by atoms with van der Waals surface area (Å²) in [5.41, 5.74) is 0.646. The van der Waals surface area contributed by atoms with E-state index in [1.165, 1.54) is 0 Å². The molecular weight excluding hydrogens is 330 g/mol. The molecule has 1 unspecified atom stereocenters. The highest BCUT2D eigenvalue weighted by molar-refractivity contribution is 5.95. The Labute approximate surface area is 151 Å². The molecule has 0 saturated carbocycles. The van der Waals surface area contributed by atoms with Gasteiger partial charge in [0.2, 0.25) is 0 Å². The highest BCUT2D eigenvalue weighted by Crippen LogP contribution is 2.32. The number of fused-ring (bicyclic) bond motifs is 2. The molecule has 1 N–H and O–H groups in total. The van der Waals surface area contributed by atoms with Crippen LogP contribution in [0, 0.1) is 0 Å². The molecule has 0 radical (unpaired) electrons. The van der Waals surface area contributed by atoms with Gasteiger partial charge in [-0.25, -0.2) is 0 Å². The van der Waals surface area contributed by atoms with Crippen LogP contribution in [0.1, 0.15) is 6.92 Å². The summed E-state index contributed by atoms with van der Waals surface area (Å²) in [5.74, 6) is 1.79. The fraction of sp³-hybridized carbons (Fsp3) is 0.190. The zero-order valence-electron chi connectivity index (χ0n) is 14.4. The Hall–Kier alpha value is -3.21. The number of nitrogens with one attached hydrogen (secondary N) is 1. The van der Waals surface area contributed by atoms with Crippen LogP contribution in [0.25, 0.3) is 10.8 Å². The molecule has 5 nitrogen and oxygen atoms in total. The molecule has 0 spiro atoms. The van der Waals surface area contributed by atoms with Gasteiger partial charge in [0, 0.05) is 17.1 Å². The van der Waals surface area contributed by atoms with Crippen molar-refractivity contribution in [3.8, 4) is 17.2 Å². The van der Waals surface area contributed by atoms with Crippen molar-refractivity contribution < 1.29 is 19.0 Å². The Morgan fingerprint density at radius 3 is 2.65 bits per heavy atom. The second kappa shape index (κ2) is 6.96. The number of hydrogen-bond acceptors (Lipinski definition) is 4. The van der Waals surface area contributed by atoms with E-state index >= 15 is 0 Å². The predicted molar refractivity (Wildman–Crippen MR) is 100 cm³/mol. The van der Waals surface area contributed by atoms with E-state index in [2.05, 4.69) is 5.32 Å². The highest BCUT2D eigenvalue weighted by Gasteiger charge is 2.18. The molecule has 4 rings (SSSR count). The molecule has 3 aromatic carbocycles. The number of anilines is 1. The van der Waals surface area contributed by atoms with E-state index in [-0.39, 0.29) is 5.91 Å². The van der Waals surface area contributed by atoms with E-state index in [1.807, 2.05) is 42.5 Å². The summed E-state index contributed by atoms with van der Waals surface area (Å²) in [6.45, 7) is 2.77. The molecular formula is C21H19NO4. The van der Waals surface area contributed by atoms with Crippen LogP contribution in [0.3, 0.4) is 0 Å². The number of carbonyl (C=O) groups excluding carboxylic acids is 1. The minimum atomic E-state index is -0.644. The van der Waals surface area contributed by atoms with Crippen molar-refractivity contribution in [3.63, 3.8) is 0 Å². The molecule has 1 aliphatic heterocycles. The Kier molecular flexibility index (Phi) is 4.35. The van der Waals surface area contributed by atoms with Crippen molar-refractivity contribution >= 4 is 22.4 Å². The van der Waals surface area contributed by atoms with E-state index in [4.69, 9.17) is 14.2 Å². The summed E-state index contributed by atoms with van der Waals surface area (Å²) in [4.78, 5) is 12.5. The van der Waals surface area contributed by atoms with Crippen molar-refractivity contribution in [2.45, 2.75) is 13.0 Å². The van der Waals surface area contributed by atoms with Crippen molar-refractivity contribution in [1.82, 2.24) is 0 Å². The van der Waals surface area contributed by atoms with Crippen LogP contribution in [0.15, 0.2) is 60.7 Å². The molecule has 1 aliphatic rings. The maximum Gasteiger partial charge on any atom is 0.265 e. The molecule has 3 aromatic rings. The number of carbonyl (C=O) groups is 1. The molecule has 26 heavy (non-hydrogen) atoms. The van der Waals surface area contributed by atoms with Gasteiger partial charge in [0.25, 0.3) is 5.91 Å². The summed E-state index contributed by atoms with van der Waals surface area (Å²) in [7, 11) is 0. The van der Waals surface area contributed by atoms with Crippen LogP contribution < -0.4 is 19.5 Å². The first kappa shape index (κ1) is 16.3. The topological polar surface area (TPSA) is 56.8 Å². The lowest BCUT2D eigenvalue weighted by molar-refractivity contribution is -0.122. The lowest BCUT2D eigenvalue weighted by Gasteiger charge is -2.20. The molecule has 5 heteroatoms. The van der Waals surface area contributed by atoms with Gasteiger partial charge >= 0.3 is 0 Å². The van der Waals surface area contributed by atoms with Gasteiger partial charge < -0.3 is 19.5 Å². The van der Waals surface area contributed by atoms with E-state index in [1.54, 1.807) is 25.1 Å². The second-order valence-corrected chi connectivity index (χ2v) is 6.09. The maximum absolute atomic E-state index is 12.5. The first-order chi connectivity index (χ1) is 12.7. The summed E-state index contributed by atoms with van der Waals surface area (Å²) >= 11 is 0. The molecule has 0 aliphatic carbocycles. The molecule has 1 heterocycles. The van der Waals surface area contributed by atoms with Crippen LogP contribution in [0.5, 0.6) is 17.2 Å². The molecule has 0 fully saturated rings. The first-order valence-corrected chi connectivity index (χ1v) is 8.55. The van der Waals surface area contributed by atoms with E-state index in [0.29, 0.717) is 36.1 Å². The van der Waals surface area contributed by atoms with Gasteiger partial charge in [0.15, 0.2) is 17.6 Å². The van der Waals surface area contributed by atoms with Gasteiger partial charge in [-0.15, -0.1) is 0 Å². The normalized spacial score (nSPS) is 13.9. The van der Waals surface area contributed by atoms with Crippen LogP contribution >= 0.6 is 0 Å². The number of amides is 1. The average molecular weight is 349 g/mol. The molecule has 0 aromatic heterocycles. The minimum absolute atomic E-state index is 0.227. The van der Waals surface area contributed by atoms with Gasteiger partial charge in [-0.3, -0.25) is 4.79 Å². The van der Waals surface area contributed by atoms with E-state index in [9.17, 15) is 4.79 Å². The lowest BCUT2D eigenvalue weighted by atomic mass is 10.1. The Morgan fingerprint density at radius 1 is 1.00 bits per heavy atom. The average Bonchev–Trinajstić information content (AvgIpc) is 2.68. The maximum atomic E-state index is 12.5. The predicted octanol–water partition coefficient (Wildman–Crippen LogP) is 4.02. The summed E-state index contributed by atoms with van der Waals surface area (Å²) in [5, 5.41) is 4.91. The molecule has 132 valence electrons. The highest BCUT2D eigenvalue weighted by atomic mass is 16.6. The zero-order valence-corrected chi connectivity index (χ0v) is 14.4. The Bertz CT molecular complexity index is 948. The van der Waals surface area contributed by atoms with Crippen LogP contribution in [0.2, 0.25) is 0 Å². The molecule has 0 saturated heterocycles. The Balaban J connectivity index is 1.48.